The van der Waals surface area contributed by atoms with Gasteiger partial charge in [0.05, 0.1) is 31.9 Å². The Morgan fingerprint density at radius 1 is 1.39 bits per heavy atom. The molecule has 2 amide bonds. The van der Waals surface area contributed by atoms with E-state index in [0.717, 1.165) is 17.7 Å². The van der Waals surface area contributed by atoms with Gasteiger partial charge in [-0.2, -0.15) is 0 Å². The topological polar surface area (TPSA) is 91.3 Å². The van der Waals surface area contributed by atoms with Gasteiger partial charge in [0.1, 0.15) is 5.75 Å². The number of hydrogen-bond acceptors (Lipinski definition) is 5. The molecule has 2 rings (SSSR count). The molecule has 1 fully saturated rings. The highest BCUT2D eigenvalue weighted by molar-refractivity contribution is 5.75. The molecule has 0 saturated carbocycles. The van der Waals surface area contributed by atoms with Crippen LogP contribution in [0.1, 0.15) is 31.9 Å². The molecule has 1 heterocycles. The monoisotopic (exact) mass is 393 g/mol. The smallest absolute Gasteiger partial charge is 0.318 e. The van der Waals surface area contributed by atoms with Gasteiger partial charge in [-0.3, -0.25) is 9.69 Å². The maximum absolute atomic E-state index is 12.6. The fraction of sp³-hybridized carbons (Fsp3) is 0.600. The number of aliphatic carboxylic acids is 1. The van der Waals surface area contributed by atoms with E-state index in [1.54, 1.807) is 16.8 Å². The number of rotatable bonds is 9. The zero-order valence-electron chi connectivity index (χ0n) is 16.9. The molecule has 1 aliphatic heterocycles. The molecule has 2 atom stereocenters. The third-order valence-corrected chi connectivity index (χ3v) is 4.54. The van der Waals surface area contributed by atoms with Gasteiger partial charge in [-0.05, 0) is 38.1 Å². The third-order valence-electron chi connectivity index (χ3n) is 4.54. The van der Waals surface area contributed by atoms with Crippen LogP contribution >= 0.6 is 0 Å². The molecular formula is C20H31N3O5. The van der Waals surface area contributed by atoms with Crippen molar-refractivity contribution >= 4 is 12.0 Å². The van der Waals surface area contributed by atoms with Crippen molar-refractivity contribution in [3.8, 4) is 5.75 Å². The Kier molecular flexibility index (Phi) is 8.53. The van der Waals surface area contributed by atoms with Crippen molar-refractivity contribution in [1.82, 2.24) is 15.1 Å². The van der Waals surface area contributed by atoms with E-state index in [0.29, 0.717) is 32.8 Å². The summed E-state index contributed by atoms with van der Waals surface area (Å²) in [5.74, 6) is -0.0570. The summed E-state index contributed by atoms with van der Waals surface area (Å²) < 4.78 is 11.3. The molecule has 0 aromatic heterocycles. The number of urea groups is 1. The van der Waals surface area contributed by atoms with Crippen LogP contribution in [-0.2, 0) is 9.53 Å². The average molecular weight is 393 g/mol. The lowest BCUT2D eigenvalue weighted by atomic mass is 10.1. The van der Waals surface area contributed by atoms with Crippen molar-refractivity contribution in [3.05, 3.63) is 29.8 Å². The second-order valence-corrected chi connectivity index (χ2v) is 7.12. The lowest BCUT2D eigenvalue weighted by Crippen LogP contribution is -2.52. The molecule has 1 aliphatic rings. The maximum Gasteiger partial charge on any atom is 0.318 e. The minimum atomic E-state index is -0.882. The number of nitrogens with one attached hydrogen (secondary N) is 1. The molecule has 2 N–H and O–H groups in total. The minimum Gasteiger partial charge on any atom is -0.494 e. The van der Waals surface area contributed by atoms with Crippen LogP contribution in [-0.4, -0.2) is 79.5 Å². The van der Waals surface area contributed by atoms with Crippen molar-refractivity contribution in [2.45, 2.75) is 32.4 Å². The largest absolute Gasteiger partial charge is 0.494 e. The summed E-state index contributed by atoms with van der Waals surface area (Å²) in [6.45, 7) is 6.49. The van der Waals surface area contributed by atoms with Crippen molar-refractivity contribution in [1.29, 1.82) is 0 Å². The molecule has 0 bridgehead atoms. The van der Waals surface area contributed by atoms with E-state index in [1.165, 1.54) is 0 Å². The maximum atomic E-state index is 12.6. The Hall–Kier alpha value is -2.32. The molecule has 1 aromatic carbocycles. The summed E-state index contributed by atoms with van der Waals surface area (Å²) >= 11 is 0. The molecule has 0 radical (unpaired) electrons. The number of likely N-dealkylation sites (N-methyl/N-ethyl adjacent to an activating group) is 1. The number of morpholine rings is 1. The lowest BCUT2D eigenvalue weighted by Gasteiger charge is -2.35. The quantitative estimate of drug-likeness (QED) is 0.667. The van der Waals surface area contributed by atoms with Gasteiger partial charge in [-0.1, -0.05) is 19.1 Å². The van der Waals surface area contributed by atoms with E-state index < -0.39 is 5.97 Å². The van der Waals surface area contributed by atoms with Crippen LogP contribution in [0.5, 0.6) is 5.75 Å². The van der Waals surface area contributed by atoms with E-state index in [-0.39, 0.29) is 24.7 Å². The van der Waals surface area contributed by atoms with Crippen molar-refractivity contribution in [2.24, 2.45) is 0 Å². The van der Waals surface area contributed by atoms with E-state index in [1.807, 2.05) is 31.2 Å². The normalized spacial score (nSPS) is 18.0. The molecule has 8 nitrogen and oxygen atoms in total. The van der Waals surface area contributed by atoms with Gasteiger partial charge >= 0.3 is 12.0 Å². The van der Waals surface area contributed by atoms with Gasteiger partial charge in [0.25, 0.3) is 0 Å². The first-order chi connectivity index (χ1) is 13.4. The van der Waals surface area contributed by atoms with Gasteiger partial charge in [0.15, 0.2) is 0 Å². The van der Waals surface area contributed by atoms with Crippen LogP contribution < -0.4 is 10.1 Å². The first-order valence-electron chi connectivity index (χ1n) is 9.69. The molecule has 28 heavy (non-hydrogen) atoms. The Morgan fingerprint density at radius 2 is 2.11 bits per heavy atom. The highest BCUT2D eigenvalue weighted by atomic mass is 16.5. The Morgan fingerprint density at radius 3 is 2.75 bits per heavy atom. The van der Waals surface area contributed by atoms with E-state index >= 15 is 0 Å². The van der Waals surface area contributed by atoms with Crippen LogP contribution in [0.3, 0.4) is 0 Å². The van der Waals surface area contributed by atoms with Crippen LogP contribution in [0, 0.1) is 0 Å². The van der Waals surface area contributed by atoms with Gasteiger partial charge in [0, 0.05) is 19.6 Å². The zero-order chi connectivity index (χ0) is 20.5. The molecule has 2 unspecified atom stereocenters. The predicted octanol–water partition coefficient (Wildman–Crippen LogP) is 1.96. The summed E-state index contributed by atoms with van der Waals surface area (Å²) in [5, 5.41) is 11.9. The molecular weight excluding hydrogens is 362 g/mol. The number of carboxylic acid groups (broad SMARTS) is 1. The molecule has 1 saturated heterocycles. The summed E-state index contributed by atoms with van der Waals surface area (Å²) in [4.78, 5) is 26.8. The average Bonchev–Trinajstić information content (AvgIpc) is 2.66. The third kappa shape index (κ3) is 7.01. The van der Waals surface area contributed by atoms with Gasteiger partial charge in [-0.15, -0.1) is 0 Å². The highest BCUT2D eigenvalue weighted by Crippen LogP contribution is 2.18. The van der Waals surface area contributed by atoms with E-state index in [2.05, 4.69) is 12.2 Å². The number of benzene rings is 1. The first kappa shape index (κ1) is 22.0. The first-order valence-corrected chi connectivity index (χ1v) is 9.69. The second-order valence-electron chi connectivity index (χ2n) is 7.12. The van der Waals surface area contributed by atoms with Crippen molar-refractivity contribution in [2.75, 3.05) is 46.4 Å². The molecule has 0 spiro atoms. The Bertz CT molecular complexity index is 637. The van der Waals surface area contributed by atoms with Crippen molar-refractivity contribution < 1.29 is 24.2 Å². The number of amides is 2. The summed E-state index contributed by atoms with van der Waals surface area (Å²) in [7, 11) is 1.73. The number of carbonyl (C=O) groups excluding carboxylic acids is 1. The van der Waals surface area contributed by atoms with Crippen LogP contribution in [0.4, 0.5) is 4.79 Å². The lowest BCUT2D eigenvalue weighted by molar-refractivity contribution is -0.138. The number of ether oxygens (including phenoxy) is 2. The van der Waals surface area contributed by atoms with Gasteiger partial charge in [0.2, 0.25) is 0 Å². The summed E-state index contributed by atoms with van der Waals surface area (Å²) in [6, 6.07) is 7.46. The number of carbonyl (C=O) groups is 2. The minimum absolute atomic E-state index is 0.0545. The van der Waals surface area contributed by atoms with Gasteiger partial charge < -0.3 is 24.8 Å². The Labute approximate surface area is 166 Å². The number of carboxylic acids is 1. The number of nitrogens with zero attached hydrogens (tertiary/aromatic N) is 2. The fourth-order valence-electron chi connectivity index (χ4n) is 3.09. The molecule has 1 aromatic rings. The van der Waals surface area contributed by atoms with Crippen LogP contribution in [0.15, 0.2) is 24.3 Å². The fourth-order valence-corrected chi connectivity index (χ4v) is 3.09. The molecule has 8 heteroatoms. The van der Waals surface area contributed by atoms with Crippen LogP contribution in [0.2, 0.25) is 0 Å². The Balaban J connectivity index is 1.84. The molecule has 0 aliphatic carbocycles. The van der Waals surface area contributed by atoms with Crippen LogP contribution in [0.25, 0.3) is 0 Å². The van der Waals surface area contributed by atoms with E-state index in [9.17, 15) is 9.59 Å². The second kappa shape index (κ2) is 10.9. The van der Waals surface area contributed by atoms with Gasteiger partial charge in [-0.25, -0.2) is 4.79 Å². The molecule has 156 valence electrons. The van der Waals surface area contributed by atoms with E-state index in [4.69, 9.17) is 14.6 Å². The summed E-state index contributed by atoms with van der Waals surface area (Å²) in [6.07, 6.45) is 0.759. The summed E-state index contributed by atoms with van der Waals surface area (Å²) in [5.41, 5.74) is 1.00. The highest BCUT2D eigenvalue weighted by Gasteiger charge is 2.26. The SMILES string of the molecule is CCCOc1ccc(C(C)NC(=O)N2CCOC(CN(C)CC(=O)O)C2)cc1. The van der Waals surface area contributed by atoms with Crippen molar-refractivity contribution in [3.63, 3.8) is 0 Å². The zero-order valence-corrected chi connectivity index (χ0v) is 16.9. The standard InChI is InChI=1S/C20H31N3O5/c1-4-10-27-17-7-5-16(6-8-17)15(2)21-20(26)23-9-11-28-18(13-23)12-22(3)14-19(24)25/h5-8,15,18H,4,9-14H2,1-3H3,(H,21,26)(H,24,25). The predicted molar refractivity (Wildman–Crippen MR) is 106 cm³/mol. The number of hydrogen-bond donors (Lipinski definition) is 2.